The lowest BCUT2D eigenvalue weighted by Gasteiger charge is -2.24. The van der Waals surface area contributed by atoms with Crippen molar-refractivity contribution in [2.24, 2.45) is 0 Å². The summed E-state index contributed by atoms with van der Waals surface area (Å²) in [6.45, 7) is 6.96. The molecule has 0 saturated carbocycles. The topological polar surface area (TPSA) is 79.3 Å². The smallest absolute Gasteiger partial charge is 0.329 e. The van der Waals surface area contributed by atoms with Gasteiger partial charge in [-0.1, -0.05) is 13.8 Å². The molecule has 0 spiro atoms. The number of rotatable bonds is 5. The number of carbonyl (C=O) groups excluding carboxylic acids is 1. The van der Waals surface area contributed by atoms with Gasteiger partial charge in [-0.05, 0) is 26.7 Å². The van der Waals surface area contributed by atoms with Crippen LogP contribution in [0.25, 0.3) is 0 Å². The maximum atomic E-state index is 12.1. The molecule has 1 amide bonds. The summed E-state index contributed by atoms with van der Waals surface area (Å²) in [6, 6.07) is 0. The number of amides is 1. The van der Waals surface area contributed by atoms with E-state index in [1.807, 2.05) is 6.92 Å². The summed E-state index contributed by atoms with van der Waals surface area (Å²) in [5, 5.41) is 12.6. The zero-order chi connectivity index (χ0) is 13.9. The lowest BCUT2D eigenvalue weighted by atomic mass is 9.99. The van der Waals surface area contributed by atoms with Crippen LogP contribution in [0.4, 0.5) is 0 Å². The lowest BCUT2D eigenvalue weighted by Crippen LogP contribution is -2.51. The van der Waals surface area contributed by atoms with Gasteiger partial charge in [0.1, 0.15) is 10.4 Å². The van der Waals surface area contributed by atoms with Crippen molar-refractivity contribution in [1.82, 2.24) is 10.3 Å². The molecule has 0 radical (unpaired) electrons. The first-order chi connectivity index (χ1) is 8.34. The second-order valence-corrected chi connectivity index (χ2v) is 5.40. The van der Waals surface area contributed by atoms with E-state index in [0.717, 1.165) is 11.4 Å². The molecule has 18 heavy (non-hydrogen) atoms. The lowest BCUT2D eigenvalue weighted by molar-refractivity contribution is -0.143. The fraction of sp³-hybridized carbons (Fsp3) is 0.583. The first-order valence-electron chi connectivity index (χ1n) is 5.86. The molecule has 0 saturated heterocycles. The minimum absolute atomic E-state index is 0.326. The zero-order valence-corrected chi connectivity index (χ0v) is 11.8. The van der Waals surface area contributed by atoms with Gasteiger partial charge in [-0.25, -0.2) is 9.78 Å². The Morgan fingerprint density at radius 3 is 2.44 bits per heavy atom. The van der Waals surface area contributed by atoms with Gasteiger partial charge in [-0.3, -0.25) is 4.79 Å². The number of thiazole rings is 1. The van der Waals surface area contributed by atoms with Crippen LogP contribution in [-0.2, 0) is 11.2 Å². The molecule has 0 aromatic carbocycles. The fourth-order valence-electron chi connectivity index (χ4n) is 1.41. The highest BCUT2D eigenvalue weighted by Crippen LogP contribution is 2.20. The van der Waals surface area contributed by atoms with E-state index in [9.17, 15) is 9.59 Å². The van der Waals surface area contributed by atoms with Gasteiger partial charge in [-0.2, -0.15) is 0 Å². The van der Waals surface area contributed by atoms with Gasteiger partial charge < -0.3 is 10.4 Å². The molecule has 5 nitrogen and oxygen atoms in total. The number of carboxylic acids is 1. The monoisotopic (exact) mass is 270 g/mol. The molecule has 0 fully saturated rings. The average Bonchev–Trinajstić information content (AvgIpc) is 2.70. The maximum absolute atomic E-state index is 12.1. The number of nitrogens with one attached hydrogen (secondary N) is 1. The molecule has 6 heteroatoms. The van der Waals surface area contributed by atoms with Crippen LogP contribution in [0.15, 0.2) is 0 Å². The largest absolute Gasteiger partial charge is 0.480 e. The third-order valence-electron chi connectivity index (χ3n) is 2.92. The first kappa shape index (κ1) is 14.6. The Labute approximate surface area is 110 Å². The third kappa shape index (κ3) is 2.87. The second-order valence-electron chi connectivity index (χ2n) is 4.32. The van der Waals surface area contributed by atoms with Crippen LogP contribution < -0.4 is 5.32 Å². The number of aryl methyl sites for hydroxylation is 2. The summed E-state index contributed by atoms with van der Waals surface area (Å²) in [4.78, 5) is 28.0. The van der Waals surface area contributed by atoms with Gasteiger partial charge in [0.15, 0.2) is 0 Å². The zero-order valence-electron chi connectivity index (χ0n) is 11.0. The van der Waals surface area contributed by atoms with Gasteiger partial charge in [0, 0.05) is 0 Å². The highest BCUT2D eigenvalue weighted by atomic mass is 32.1. The minimum Gasteiger partial charge on any atom is -0.480 e. The first-order valence-corrected chi connectivity index (χ1v) is 6.68. The quantitative estimate of drug-likeness (QED) is 0.857. The van der Waals surface area contributed by atoms with Crippen molar-refractivity contribution in [3.8, 4) is 0 Å². The van der Waals surface area contributed by atoms with Gasteiger partial charge in [0.25, 0.3) is 5.91 Å². The van der Waals surface area contributed by atoms with Crippen molar-refractivity contribution in [3.05, 3.63) is 15.6 Å². The summed E-state index contributed by atoms with van der Waals surface area (Å²) in [7, 11) is 0. The molecule has 0 bridgehead atoms. The van der Waals surface area contributed by atoms with Crippen molar-refractivity contribution in [1.29, 1.82) is 0 Å². The molecule has 1 rings (SSSR count). The SMILES string of the molecule is CCc1nc(C)c(C(=O)NC(C)(CC)C(=O)O)s1. The van der Waals surface area contributed by atoms with Crippen molar-refractivity contribution in [2.75, 3.05) is 0 Å². The van der Waals surface area contributed by atoms with Crippen LogP contribution in [0, 0.1) is 6.92 Å². The van der Waals surface area contributed by atoms with Crippen LogP contribution in [-0.4, -0.2) is 27.5 Å². The minimum atomic E-state index is -1.24. The van der Waals surface area contributed by atoms with E-state index < -0.39 is 11.5 Å². The van der Waals surface area contributed by atoms with Gasteiger partial charge in [0.2, 0.25) is 0 Å². The number of nitrogens with zero attached hydrogens (tertiary/aromatic N) is 1. The highest BCUT2D eigenvalue weighted by Gasteiger charge is 2.33. The van der Waals surface area contributed by atoms with E-state index in [4.69, 9.17) is 5.11 Å². The van der Waals surface area contributed by atoms with Crippen LogP contribution in [0.2, 0.25) is 0 Å². The Bertz CT molecular complexity index is 470. The molecule has 1 unspecified atom stereocenters. The van der Waals surface area contributed by atoms with Crippen molar-refractivity contribution < 1.29 is 14.7 Å². The Morgan fingerprint density at radius 1 is 1.44 bits per heavy atom. The van der Waals surface area contributed by atoms with Crippen LogP contribution in [0.5, 0.6) is 0 Å². The molecular formula is C12H18N2O3S. The summed E-state index contributed by atoms with van der Waals surface area (Å²) >= 11 is 1.31. The maximum Gasteiger partial charge on any atom is 0.329 e. The summed E-state index contributed by atoms with van der Waals surface area (Å²) in [6.07, 6.45) is 1.09. The molecule has 1 heterocycles. The molecule has 2 N–H and O–H groups in total. The molecule has 0 aliphatic rings. The molecule has 1 atom stereocenters. The third-order valence-corrected chi connectivity index (χ3v) is 4.22. The molecular weight excluding hydrogens is 252 g/mol. The van der Waals surface area contributed by atoms with Gasteiger partial charge >= 0.3 is 5.97 Å². The summed E-state index contributed by atoms with van der Waals surface area (Å²) in [5.41, 5.74) is -0.585. The van der Waals surface area contributed by atoms with Crippen LogP contribution >= 0.6 is 11.3 Å². The fourth-order valence-corrected chi connectivity index (χ4v) is 2.31. The number of carbonyl (C=O) groups is 2. The van der Waals surface area contributed by atoms with Crippen molar-refractivity contribution in [2.45, 2.75) is 46.1 Å². The second kappa shape index (κ2) is 5.48. The number of carboxylic acid groups (broad SMARTS) is 1. The Balaban J connectivity index is 2.94. The predicted octanol–water partition coefficient (Wildman–Crippen LogP) is 2.00. The van der Waals surface area contributed by atoms with Crippen LogP contribution in [0.1, 0.15) is 47.6 Å². The number of hydrogen-bond donors (Lipinski definition) is 2. The standard InChI is InChI=1S/C12H18N2O3S/c1-5-8-13-7(3)9(18-8)10(15)14-12(4,6-2)11(16)17/h5-6H2,1-4H3,(H,14,15)(H,16,17). The molecule has 1 aromatic rings. The Kier molecular flexibility index (Phi) is 4.45. The van der Waals surface area contributed by atoms with E-state index in [-0.39, 0.29) is 5.91 Å². The summed E-state index contributed by atoms with van der Waals surface area (Å²) in [5.74, 6) is -1.40. The number of aromatic nitrogens is 1. The predicted molar refractivity (Wildman–Crippen MR) is 70.0 cm³/mol. The van der Waals surface area contributed by atoms with E-state index >= 15 is 0 Å². The number of aliphatic carboxylic acids is 1. The van der Waals surface area contributed by atoms with Crippen molar-refractivity contribution >= 4 is 23.2 Å². The highest BCUT2D eigenvalue weighted by molar-refractivity contribution is 7.13. The Morgan fingerprint density at radius 2 is 2.06 bits per heavy atom. The number of hydrogen-bond acceptors (Lipinski definition) is 4. The van der Waals surface area contributed by atoms with Gasteiger partial charge in [0.05, 0.1) is 10.7 Å². The van der Waals surface area contributed by atoms with E-state index in [0.29, 0.717) is 17.0 Å². The molecule has 0 aliphatic carbocycles. The normalized spacial score (nSPS) is 14.0. The van der Waals surface area contributed by atoms with Crippen molar-refractivity contribution in [3.63, 3.8) is 0 Å². The average molecular weight is 270 g/mol. The van der Waals surface area contributed by atoms with Gasteiger partial charge in [-0.15, -0.1) is 11.3 Å². The van der Waals surface area contributed by atoms with E-state index in [1.165, 1.54) is 18.3 Å². The van der Waals surface area contributed by atoms with E-state index in [2.05, 4.69) is 10.3 Å². The molecule has 0 aliphatic heterocycles. The Hall–Kier alpha value is -1.43. The molecule has 1 aromatic heterocycles. The summed E-state index contributed by atoms with van der Waals surface area (Å²) < 4.78 is 0. The van der Waals surface area contributed by atoms with Crippen LogP contribution in [0.3, 0.4) is 0 Å². The molecule has 100 valence electrons. The van der Waals surface area contributed by atoms with E-state index in [1.54, 1.807) is 13.8 Å².